The molecule has 1 fully saturated rings. The van der Waals surface area contributed by atoms with Crippen molar-refractivity contribution in [1.82, 2.24) is 25.1 Å². The quantitative estimate of drug-likeness (QED) is 0.617. The molecule has 1 aliphatic rings. The highest BCUT2D eigenvalue weighted by molar-refractivity contribution is 7.98. The van der Waals surface area contributed by atoms with Crippen molar-refractivity contribution in [2.75, 3.05) is 13.1 Å². The predicted octanol–water partition coefficient (Wildman–Crippen LogP) is 3.81. The molecule has 28 heavy (non-hydrogen) atoms. The number of carbonyl (C=O) groups is 1. The first kappa shape index (κ1) is 18.7. The summed E-state index contributed by atoms with van der Waals surface area (Å²) in [7, 11) is 0. The Hall–Kier alpha value is -2.67. The second-order valence-electron chi connectivity index (χ2n) is 7.15. The Labute approximate surface area is 168 Å². The number of aromatic nitrogens is 4. The van der Waals surface area contributed by atoms with Crippen LogP contribution in [0.2, 0.25) is 0 Å². The molecule has 1 saturated heterocycles. The number of thioether (sulfide) groups is 1. The van der Waals surface area contributed by atoms with Crippen molar-refractivity contribution in [3.63, 3.8) is 0 Å². The number of rotatable bonds is 5. The van der Waals surface area contributed by atoms with Crippen molar-refractivity contribution in [2.45, 2.75) is 37.6 Å². The highest BCUT2D eigenvalue weighted by atomic mass is 32.2. The van der Waals surface area contributed by atoms with Crippen LogP contribution >= 0.6 is 11.8 Å². The topological polar surface area (TPSA) is 63.9 Å². The third-order valence-electron chi connectivity index (χ3n) is 4.98. The van der Waals surface area contributed by atoms with Crippen LogP contribution in [0.15, 0.2) is 47.6 Å². The maximum Gasteiger partial charge on any atom is 0.253 e. The van der Waals surface area contributed by atoms with Crippen molar-refractivity contribution in [3.8, 4) is 5.69 Å². The number of benzene rings is 2. The van der Waals surface area contributed by atoms with E-state index >= 15 is 0 Å². The van der Waals surface area contributed by atoms with Gasteiger partial charge in [0.05, 0.1) is 5.69 Å². The molecule has 7 heteroatoms. The van der Waals surface area contributed by atoms with Crippen LogP contribution in [-0.4, -0.2) is 44.1 Å². The Bertz CT molecular complexity index is 977. The SMILES string of the molecule is Cc1ccc(-n2nnnc2SCc2ccc(C(=O)N3CCCC3)cc2)c(C)c1. The van der Waals surface area contributed by atoms with Gasteiger partial charge in [-0.15, -0.1) is 5.10 Å². The Balaban J connectivity index is 1.44. The van der Waals surface area contributed by atoms with Gasteiger partial charge in [-0.1, -0.05) is 41.6 Å². The van der Waals surface area contributed by atoms with Crippen LogP contribution < -0.4 is 0 Å². The average molecular weight is 394 g/mol. The van der Waals surface area contributed by atoms with Crippen LogP contribution in [0.3, 0.4) is 0 Å². The number of tetrazole rings is 1. The zero-order valence-electron chi connectivity index (χ0n) is 16.1. The summed E-state index contributed by atoms with van der Waals surface area (Å²) in [5.74, 6) is 0.874. The first-order valence-electron chi connectivity index (χ1n) is 9.49. The lowest BCUT2D eigenvalue weighted by Gasteiger charge is -2.15. The molecule has 4 rings (SSSR count). The average Bonchev–Trinajstić information content (AvgIpc) is 3.38. The summed E-state index contributed by atoms with van der Waals surface area (Å²) in [5, 5.41) is 12.9. The third-order valence-corrected chi connectivity index (χ3v) is 5.97. The molecular formula is C21H23N5OS. The highest BCUT2D eigenvalue weighted by Crippen LogP contribution is 2.25. The number of likely N-dealkylation sites (tertiary alicyclic amines) is 1. The lowest BCUT2D eigenvalue weighted by atomic mass is 10.1. The molecule has 6 nitrogen and oxygen atoms in total. The van der Waals surface area contributed by atoms with Crippen molar-refractivity contribution in [1.29, 1.82) is 0 Å². The predicted molar refractivity (Wildman–Crippen MR) is 110 cm³/mol. The fraction of sp³-hybridized carbons (Fsp3) is 0.333. The Kier molecular flexibility index (Phi) is 5.43. The number of carbonyl (C=O) groups excluding carboxylic acids is 1. The lowest BCUT2D eigenvalue weighted by Crippen LogP contribution is -2.27. The smallest absolute Gasteiger partial charge is 0.253 e. The molecule has 3 aromatic rings. The van der Waals surface area contributed by atoms with Gasteiger partial charge in [-0.2, -0.15) is 4.68 Å². The second kappa shape index (κ2) is 8.14. The number of aryl methyl sites for hydroxylation is 2. The van der Waals surface area contributed by atoms with Crippen LogP contribution in [0.4, 0.5) is 0 Å². The minimum atomic E-state index is 0.135. The van der Waals surface area contributed by atoms with Gasteiger partial charge in [0.2, 0.25) is 5.16 Å². The fourth-order valence-electron chi connectivity index (χ4n) is 3.46. The molecule has 0 unspecified atom stereocenters. The van der Waals surface area contributed by atoms with Gasteiger partial charge >= 0.3 is 0 Å². The van der Waals surface area contributed by atoms with E-state index in [0.29, 0.717) is 0 Å². The molecule has 0 saturated carbocycles. The van der Waals surface area contributed by atoms with Crippen molar-refractivity contribution >= 4 is 17.7 Å². The molecule has 0 N–H and O–H groups in total. The van der Waals surface area contributed by atoms with E-state index in [9.17, 15) is 4.79 Å². The summed E-state index contributed by atoms with van der Waals surface area (Å²) in [5.41, 5.74) is 5.24. The van der Waals surface area contributed by atoms with Crippen LogP contribution in [0.1, 0.15) is 39.9 Å². The van der Waals surface area contributed by atoms with E-state index in [-0.39, 0.29) is 5.91 Å². The van der Waals surface area contributed by atoms with Gasteiger partial charge < -0.3 is 4.90 Å². The van der Waals surface area contributed by atoms with E-state index in [1.54, 1.807) is 16.4 Å². The van der Waals surface area contributed by atoms with Gasteiger partial charge in [-0.25, -0.2) is 0 Å². The van der Waals surface area contributed by atoms with Crippen molar-refractivity contribution in [3.05, 3.63) is 64.7 Å². The summed E-state index contributed by atoms with van der Waals surface area (Å²) in [6.07, 6.45) is 2.21. The summed E-state index contributed by atoms with van der Waals surface area (Å²) in [6, 6.07) is 14.1. The first-order valence-corrected chi connectivity index (χ1v) is 10.5. The van der Waals surface area contributed by atoms with E-state index in [1.165, 1.54) is 5.56 Å². The zero-order chi connectivity index (χ0) is 19.5. The van der Waals surface area contributed by atoms with Gasteiger partial charge in [-0.3, -0.25) is 4.79 Å². The molecule has 0 bridgehead atoms. The van der Waals surface area contributed by atoms with E-state index in [0.717, 1.165) is 59.2 Å². The van der Waals surface area contributed by atoms with Gasteiger partial charge in [-0.05, 0) is 66.4 Å². The minimum absolute atomic E-state index is 0.135. The van der Waals surface area contributed by atoms with E-state index in [4.69, 9.17) is 0 Å². The van der Waals surface area contributed by atoms with Crippen LogP contribution in [-0.2, 0) is 5.75 Å². The van der Waals surface area contributed by atoms with Gasteiger partial charge in [0, 0.05) is 24.4 Å². The summed E-state index contributed by atoms with van der Waals surface area (Å²) < 4.78 is 1.78. The van der Waals surface area contributed by atoms with Crippen LogP contribution in [0.5, 0.6) is 0 Å². The Morgan fingerprint density at radius 1 is 1.07 bits per heavy atom. The maximum absolute atomic E-state index is 12.5. The molecule has 0 atom stereocenters. The van der Waals surface area contributed by atoms with Gasteiger partial charge in [0.25, 0.3) is 5.91 Å². The molecule has 0 spiro atoms. The van der Waals surface area contributed by atoms with E-state index in [1.807, 2.05) is 35.2 Å². The Morgan fingerprint density at radius 2 is 1.82 bits per heavy atom. The monoisotopic (exact) mass is 393 g/mol. The standard InChI is InChI=1S/C21H23N5OS/c1-15-5-10-19(16(2)13-15)26-21(22-23-24-26)28-14-17-6-8-18(9-7-17)20(27)25-11-3-4-12-25/h5-10,13H,3-4,11-12,14H2,1-2H3. The second-order valence-corrected chi connectivity index (χ2v) is 8.09. The lowest BCUT2D eigenvalue weighted by molar-refractivity contribution is 0.0793. The molecule has 1 aliphatic heterocycles. The number of nitrogens with zero attached hydrogens (tertiary/aromatic N) is 5. The highest BCUT2D eigenvalue weighted by Gasteiger charge is 2.19. The van der Waals surface area contributed by atoms with Crippen LogP contribution in [0.25, 0.3) is 5.69 Å². The molecule has 144 valence electrons. The molecule has 0 radical (unpaired) electrons. The van der Waals surface area contributed by atoms with E-state index in [2.05, 4.69) is 41.5 Å². The largest absolute Gasteiger partial charge is 0.339 e. The molecule has 1 amide bonds. The molecule has 2 heterocycles. The summed E-state index contributed by atoms with van der Waals surface area (Å²) in [6.45, 7) is 5.88. The molecule has 2 aromatic carbocycles. The van der Waals surface area contributed by atoms with Gasteiger partial charge in [0.15, 0.2) is 0 Å². The summed E-state index contributed by atoms with van der Waals surface area (Å²) in [4.78, 5) is 14.4. The van der Waals surface area contributed by atoms with Crippen LogP contribution in [0, 0.1) is 13.8 Å². The molecule has 1 aromatic heterocycles. The van der Waals surface area contributed by atoms with E-state index < -0.39 is 0 Å². The summed E-state index contributed by atoms with van der Waals surface area (Å²) >= 11 is 1.59. The first-order chi connectivity index (χ1) is 13.6. The fourth-order valence-corrected chi connectivity index (χ4v) is 4.30. The normalized spacial score (nSPS) is 13.9. The van der Waals surface area contributed by atoms with Crippen molar-refractivity contribution in [2.24, 2.45) is 0 Å². The Morgan fingerprint density at radius 3 is 2.54 bits per heavy atom. The minimum Gasteiger partial charge on any atom is -0.339 e. The zero-order valence-corrected chi connectivity index (χ0v) is 16.9. The number of hydrogen-bond donors (Lipinski definition) is 0. The van der Waals surface area contributed by atoms with Crippen molar-refractivity contribution < 1.29 is 4.79 Å². The molecular weight excluding hydrogens is 370 g/mol. The van der Waals surface area contributed by atoms with Gasteiger partial charge in [0.1, 0.15) is 0 Å². The maximum atomic E-state index is 12.5. The number of hydrogen-bond acceptors (Lipinski definition) is 5. The number of amides is 1. The third kappa shape index (κ3) is 3.94. The molecule has 0 aliphatic carbocycles.